The number of hydrogen-bond donors (Lipinski definition) is 0. The van der Waals surface area contributed by atoms with Crippen LogP contribution in [0.3, 0.4) is 0 Å². The SMILES string of the molecule is C[C@@H]1CN(c2ncnc3c2C(C)(C)CN3c2cc(C#N)c(C(F)(F)F)nn2)[C@@H](C)CN1C(=O)C1(C)CCS1(=O)=O. The molecular weight excluding hydrogens is 549 g/mol. The molecular formula is C25H29F3N8O3S. The van der Waals surface area contributed by atoms with E-state index >= 15 is 0 Å². The van der Waals surface area contributed by atoms with Crippen molar-refractivity contribution in [1.29, 1.82) is 5.26 Å². The first-order valence-corrected chi connectivity index (χ1v) is 14.4. The molecule has 0 N–H and O–H groups in total. The van der Waals surface area contributed by atoms with Gasteiger partial charge in [0, 0.05) is 48.8 Å². The van der Waals surface area contributed by atoms with E-state index in [1.165, 1.54) is 13.3 Å². The maximum atomic E-state index is 13.3. The van der Waals surface area contributed by atoms with Crippen molar-refractivity contribution in [2.45, 2.75) is 69.5 Å². The summed E-state index contributed by atoms with van der Waals surface area (Å²) in [7, 11) is -3.47. The molecule has 11 nitrogen and oxygen atoms in total. The Labute approximate surface area is 229 Å². The number of amides is 1. The van der Waals surface area contributed by atoms with Gasteiger partial charge in [0.1, 0.15) is 28.8 Å². The van der Waals surface area contributed by atoms with Crippen molar-refractivity contribution in [2.75, 3.05) is 35.2 Å². The third kappa shape index (κ3) is 4.15. The summed E-state index contributed by atoms with van der Waals surface area (Å²) in [5, 5.41) is 16.4. The zero-order valence-electron chi connectivity index (χ0n) is 22.7. The topological polar surface area (TPSA) is 136 Å². The van der Waals surface area contributed by atoms with Crippen molar-refractivity contribution >= 4 is 33.2 Å². The van der Waals surface area contributed by atoms with E-state index in [-0.39, 0.29) is 29.6 Å². The summed E-state index contributed by atoms with van der Waals surface area (Å²) in [6.07, 6.45) is -3.15. The number of carbonyl (C=O) groups excluding carboxylic acids is 1. The molecule has 2 saturated heterocycles. The Bertz CT molecular complexity index is 1540. The molecule has 15 heteroatoms. The molecule has 40 heavy (non-hydrogen) atoms. The number of nitrogens with zero attached hydrogens (tertiary/aromatic N) is 8. The number of hydrogen-bond acceptors (Lipinski definition) is 10. The van der Waals surface area contributed by atoms with Gasteiger partial charge in [0.2, 0.25) is 5.91 Å². The van der Waals surface area contributed by atoms with Crippen LogP contribution in [0.4, 0.5) is 30.6 Å². The lowest BCUT2D eigenvalue weighted by Crippen LogP contribution is -2.66. The first-order chi connectivity index (χ1) is 18.5. The average Bonchev–Trinajstić information content (AvgIpc) is 3.18. The first-order valence-electron chi connectivity index (χ1n) is 12.8. The van der Waals surface area contributed by atoms with Crippen LogP contribution in [0.5, 0.6) is 0 Å². The fraction of sp³-hybridized carbons (Fsp3) is 0.600. The molecule has 0 radical (unpaired) electrons. The highest BCUT2D eigenvalue weighted by Crippen LogP contribution is 2.47. The number of rotatable bonds is 3. The summed E-state index contributed by atoms with van der Waals surface area (Å²) < 4.78 is 63.3. The number of alkyl halides is 3. The van der Waals surface area contributed by atoms with E-state index in [1.54, 1.807) is 15.9 Å². The fourth-order valence-electron chi connectivity index (χ4n) is 5.77. The first kappa shape index (κ1) is 28.0. The van der Waals surface area contributed by atoms with Crippen molar-refractivity contribution in [1.82, 2.24) is 25.1 Å². The largest absolute Gasteiger partial charge is 0.436 e. The van der Waals surface area contributed by atoms with Gasteiger partial charge in [-0.05, 0) is 27.2 Å². The second kappa shape index (κ2) is 8.98. The lowest BCUT2D eigenvalue weighted by Gasteiger charge is -2.49. The van der Waals surface area contributed by atoms with Crippen LogP contribution >= 0.6 is 0 Å². The van der Waals surface area contributed by atoms with Gasteiger partial charge in [-0.25, -0.2) is 18.4 Å². The molecule has 5 rings (SSSR count). The summed E-state index contributed by atoms with van der Waals surface area (Å²) in [4.78, 5) is 27.7. The third-order valence-electron chi connectivity index (χ3n) is 8.25. The van der Waals surface area contributed by atoms with E-state index in [4.69, 9.17) is 0 Å². The second-order valence-corrected chi connectivity index (χ2v) is 14.1. The summed E-state index contributed by atoms with van der Waals surface area (Å²) in [5.41, 5.74) is -1.79. The number of anilines is 3. The standard InChI is InChI=1S/C25H29F3N8O3S/c1-14-11-35(22(37)24(5)6-7-40(24,38)39)15(2)10-34(14)20-18-21(31-13-30-20)36(12-23(18,3)4)17-8-16(9-29)19(33-32-17)25(26,27)28/h8,13-15H,6-7,10-12H2,1-5H3/t14-,15+,24?/m0/s1. The van der Waals surface area contributed by atoms with Crippen LogP contribution in [0.1, 0.15) is 57.9 Å². The maximum absolute atomic E-state index is 13.3. The molecule has 3 aliphatic heterocycles. The van der Waals surface area contributed by atoms with Crippen molar-refractivity contribution < 1.29 is 26.4 Å². The van der Waals surface area contributed by atoms with E-state index < -0.39 is 37.4 Å². The number of aromatic nitrogens is 4. The highest BCUT2D eigenvalue weighted by atomic mass is 32.2. The molecule has 3 atom stereocenters. The van der Waals surface area contributed by atoms with E-state index in [1.807, 2.05) is 27.7 Å². The molecule has 0 spiro atoms. The molecule has 5 heterocycles. The molecule has 0 saturated carbocycles. The lowest BCUT2D eigenvalue weighted by molar-refractivity contribution is -0.142. The molecule has 2 aromatic heterocycles. The lowest BCUT2D eigenvalue weighted by atomic mass is 9.87. The predicted octanol–water partition coefficient (Wildman–Crippen LogP) is 2.59. The Morgan fingerprint density at radius 2 is 1.77 bits per heavy atom. The van der Waals surface area contributed by atoms with E-state index in [9.17, 15) is 31.6 Å². The number of halogens is 3. The van der Waals surface area contributed by atoms with Crippen LogP contribution < -0.4 is 9.80 Å². The van der Waals surface area contributed by atoms with Gasteiger partial charge in [0.05, 0.1) is 11.3 Å². The van der Waals surface area contributed by atoms with E-state index in [0.717, 1.165) is 11.6 Å². The zero-order chi connectivity index (χ0) is 29.4. The number of nitriles is 1. The minimum Gasteiger partial charge on any atom is -0.350 e. The maximum Gasteiger partial charge on any atom is 0.436 e. The molecule has 2 fully saturated rings. The Hall–Kier alpha value is -3.54. The van der Waals surface area contributed by atoms with Gasteiger partial charge < -0.3 is 14.7 Å². The molecule has 2 aromatic rings. The monoisotopic (exact) mass is 578 g/mol. The summed E-state index contributed by atoms with van der Waals surface area (Å²) in [5.74, 6) is 0.752. The number of sulfone groups is 1. The smallest absolute Gasteiger partial charge is 0.350 e. The minimum atomic E-state index is -4.81. The Kier molecular flexibility index (Phi) is 6.29. The molecule has 1 unspecified atom stereocenters. The summed E-state index contributed by atoms with van der Waals surface area (Å²) in [6, 6.07) is 2.10. The van der Waals surface area contributed by atoms with Gasteiger partial charge in [0.25, 0.3) is 0 Å². The van der Waals surface area contributed by atoms with Crippen LogP contribution in [0.25, 0.3) is 0 Å². The Morgan fingerprint density at radius 1 is 1.10 bits per heavy atom. The van der Waals surface area contributed by atoms with Crippen molar-refractivity contribution in [3.8, 4) is 6.07 Å². The van der Waals surface area contributed by atoms with Gasteiger partial charge >= 0.3 is 6.18 Å². The predicted molar refractivity (Wildman–Crippen MR) is 139 cm³/mol. The normalized spacial score (nSPS) is 27.1. The van der Waals surface area contributed by atoms with Crippen molar-refractivity contribution in [3.63, 3.8) is 0 Å². The van der Waals surface area contributed by atoms with Crippen molar-refractivity contribution in [3.05, 3.63) is 29.2 Å². The van der Waals surface area contributed by atoms with Crippen LogP contribution in [0.2, 0.25) is 0 Å². The summed E-state index contributed by atoms with van der Waals surface area (Å²) in [6.45, 7) is 10.2. The molecule has 0 bridgehead atoms. The molecule has 0 aliphatic carbocycles. The number of piperazine rings is 1. The molecule has 214 valence electrons. The molecule has 1 amide bonds. The van der Waals surface area contributed by atoms with Gasteiger partial charge in [-0.1, -0.05) is 13.8 Å². The quantitative estimate of drug-likeness (QED) is 0.535. The highest BCUT2D eigenvalue weighted by Gasteiger charge is 2.57. The fourth-order valence-corrected chi connectivity index (χ4v) is 7.30. The summed E-state index contributed by atoms with van der Waals surface area (Å²) >= 11 is 0. The van der Waals surface area contributed by atoms with Crippen LogP contribution in [-0.4, -0.2) is 81.6 Å². The Balaban J connectivity index is 1.48. The highest BCUT2D eigenvalue weighted by molar-refractivity contribution is 7.95. The van der Waals surface area contributed by atoms with E-state index in [2.05, 4.69) is 25.1 Å². The van der Waals surface area contributed by atoms with Crippen LogP contribution in [-0.2, 0) is 26.2 Å². The number of carbonyl (C=O) groups is 1. The minimum absolute atomic E-state index is 0.0109. The van der Waals surface area contributed by atoms with Gasteiger partial charge in [-0.2, -0.15) is 18.4 Å². The number of fused-ring (bicyclic) bond motifs is 1. The van der Waals surface area contributed by atoms with E-state index in [0.29, 0.717) is 37.7 Å². The van der Waals surface area contributed by atoms with Gasteiger partial charge in [-0.15, -0.1) is 10.2 Å². The van der Waals surface area contributed by atoms with Crippen molar-refractivity contribution in [2.24, 2.45) is 0 Å². The van der Waals surface area contributed by atoms with Gasteiger partial charge in [0.15, 0.2) is 21.3 Å². The van der Waals surface area contributed by atoms with Crippen LogP contribution in [0, 0.1) is 11.3 Å². The zero-order valence-corrected chi connectivity index (χ0v) is 23.5. The molecule has 0 aromatic carbocycles. The van der Waals surface area contributed by atoms with Crippen LogP contribution in [0.15, 0.2) is 12.4 Å². The molecule has 3 aliphatic rings. The average molecular weight is 579 g/mol. The Morgan fingerprint density at radius 3 is 2.35 bits per heavy atom. The van der Waals surface area contributed by atoms with Gasteiger partial charge in [-0.3, -0.25) is 4.79 Å². The second-order valence-electron chi connectivity index (χ2n) is 11.5. The third-order valence-corrected chi connectivity index (χ3v) is 10.7.